The maximum Gasteiger partial charge on any atom is 0.242 e. The van der Waals surface area contributed by atoms with Crippen molar-refractivity contribution in [1.29, 1.82) is 0 Å². The van der Waals surface area contributed by atoms with E-state index in [9.17, 15) is 9.18 Å². The molecule has 3 N–H and O–H groups in total. The number of rotatable bonds is 3. The van der Waals surface area contributed by atoms with Crippen molar-refractivity contribution in [3.8, 4) is 0 Å². The fourth-order valence-electron chi connectivity index (χ4n) is 1.81. The van der Waals surface area contributed by atoms with Crippen LogP contribution in [0.4, 0.5) is 10.2 Å². The molecule has 2 unspecified atom stereocenters. The molecule has 98 valence electrons. The number of hydrogen-bond acceptors (Lipinski definition) is 4. The smallest absolute Gasteiger partial charge is 0.242 e. The SMILES string of the molecule is O=C(Nc1cccc(Br)n1)C1CC(F)(CO)CN1. The summed E-state index contributed by atoms with van der Waals surface area (Å²) >= 11 is 3.19. The number of aliphatic hydroxyl groups is 1. The highest BCUT2D eigenvalue weighted by molar-refractivity contribution is 9.10. The number of alkyl halides is 1. The molecule has 5 nitrogen and oxygen atoms in total. The number of aliphatic hydroxyl groups excluding tert-OH is 1. The van der Waals surface area contributed by atoms with Crippen molar-refractivity contribution in [3.05, 3.63) is 22.8 Å². The van der Waals surface area contributed by atoms with Crippen LogP contribution < -0.4 is 10.6 Å². The number of carbonyl (C=O) groups is 1. The second-order valence-corrected chi connectivity index (χ2v) is 5.09. The Morgan fingerprint density at radius 3 is 3.11 bits per heavy atom. The van der Waals surface area contributed by atoms with Gasteiger partial charge in [-0.1, -0.05) is 6.07 Å². The summed E-state index contributed by atoms with van der Waals surface area (Å²) in [5, 5.41) is 14.2. The van der Waals surface area contributed by atoms with Gasteiger partial charge in [0.2, 0.25) is 5.91 Å². The van der Waals surface area contributed by atoms with Crippen LogP contribution in [-0.2, 0) is 4.79 Å². The van der Waals surface area contributed by atoms with E-state index in [1.807, 2.05) is 0 Å². The summed E-state index contributed by atoms with van der Waals surface area (Å²) in [6.07, 6.45) is -0.0384. The lowest BCUT2D eigenvalue weighted by Gasteiger charge is -2.14. The average molecular weight is 318 g/mol. The van der Waals surface area contributed by atoms with Gasteiger partial charge in [0.15, 0.2) is 0 Å². The number of anilines is 1. The van der Waals surface area contributed by atoms with E-state index in [1.165, 1.54) is 0 Å². The van der Waals surface area contributed by atoms with E-state index < -0.39 is 18.3 Å². The van der Waals surface area contributed by atoms with Gasteiger partial charge in [0.05, 0.1) is 12.6 Å². The van der Waals surface area contributed by atoms with Gasteiger partial charge >= 0.3 is 0 Å². The zero-order valence-corrected chi connectivity index (χ0v) is 11.1. The minimum atomic E-state index is -1.72. The van der Waals surface area contributed by atoms with Crippen LogP contribution in [0.3, 0.4) is 0 Å². The zero-order chi connectivity index (χ0) is 13.2. The Labute approximate surface area is 112 Å². The normalized spacial score (nSPS) is 27.2. The highest BCUT2D eigenvalue weighted by atomic mass is 79.9. The van der Waals surface area contributed by atoms with Crippen molar-refractivity contribution in [2.24, 2.45) is 0 Å². The van der Waals surface area contributed by atoms with Crippen LogP contribution in [0.15, 0.2) is 22.8 Å². The number of halogens is 2. The zero-order valence-electron chi connectivity index (χ0n) is 9.49. The molecule has 1 fully saturated rings. The average Bonchev–Trinajstić information content (AvgIpc) is 2.73. The Bertz CT molecular complexity index is 460. The predicted octanol–water partition coefficient (Wildman–Crippen LogP) is 0.845. The molecule has 0 radical (unpaired) electrons. The molecule has 7 heteroatoms. The Morgan fingerprint density at radius 2 is 2.50 bits per heavy atom. The van der Waals surface area contributed by atoms with Crippen molar-refractivity contribution in [1.82, 2.24) is 10.3 Å². The summed E-state index contributed by atoms with van der Waals surface area (Å²) in [7, 11) is 0. The van der Waals surface area contributed by atoms with E-state index in [2.05, 4.69) is 31.5 Å². The van der Waals surface area contributed by atoms with E-state index in [0.717, 1.165) is 0 Å². The Kier molecular flexibility index (Phi) is 3.94. The maximum atomic E-state index is 13.7. The van der Waals surface area contributed by atoms with Gasteiger partial charge in [-0.05, 0) is 28.1 Å². The van der Waals surface area contributed by atoms with Crippen LogP contribution in [0.5, 0.6) is 0 Å². The number of carbonyl (C=O) groups excluding carboxylic acids is 1. The first-order valence-electron chi connectivity index (χ1n) is 5.49. The number of aromatic nitrogens is 1. The summed E-state index contributed by atoms with van der Waals surface area (Å²) < 4.78 is 14.3. The van der Waals surface area contributed by atoms with E-state index >= 15 is 0 Å². The maximum absolute atomic E-state index is 13.7. The molecule has 2 rings (SSSR count). The van der Waals surface area contributed by atoms with E-state index in [1.54, 1.807) is 18.2 Å². The van der Waals surface area contributed by atoms with Crippen LogP contribution >= 0.6 is 15.9 Å². The van der Waals surface area contributed by atoms with Gasteiger partial charge in [0, 0.05) is 13.0 Å². The first-order valence-corrected chi connectivity index (χ1v) is 6.28. The molecular weight excluding hydrogens is 305 g/mol. The number of nitrogens with zero attached hydrogens (tertiary/aromatic N) is 1. The topological polar surface area (TPSA) is 74.2 Å². The lowest BCUT2D eigenvalue weighted by atomic mass is 10.0. The lowest BCUT2D eigenvalue weighted by molar-refractivity contribution is -0.118. The largest absolute Gasteiger partial charge is 0.393 e. The lowest BCUT2D eigenvalue weighted by Crippen LogP contribution is -2.35. The van der Waals surface area contributed by atoms with Crippen LogP contribution in [0.25, 0.3) is 0 Å². The molecule has 0 bridgehead atoms. The number of nitrogens with one attached hydrogen (secondary N) is 2. The highest BCUT2D eigenvalue weighted by Gasteiger charge is 2.41. The third-order valence-electron chi connectivity index (χ3n) is 2.80. The van der Waals surface area contributed by atoms with Crippen molar-refractivity contribution < 1.29 is 14.3 Å². The van der Waals surface area contributed by atoms with Gasteiger partial charge in [0.1, 0.15) is 16.1 Å². The van der Waals surface area contributed by atoms with Crippen LogP contribution in [-0.4, -0.2) is 40.9 Å². The monoisotopic (exact) mass is 317 g/mol. The van der Waals surface area contributed by atoms with Gasteiger partial charge in [-0.25, -0.2) is 9.37 Å². The van der Waals surface area contributed by atoms with Gasteiger partial charge < -0.3 is 15.7 Å². The van der Waals surface area contributed by atoms with Gasteiger partial charge in [-0.2, -0.15) is 0 Å². The summed E-state index contributed by atoms with van der Waals surface area (Å²) in [4.78, 5) is 15.9. The first kappa shape index (κ1) is 13.4. The second kappa shape index (κ2) is 5.29. The summed E-state index contributed by atoms with van der Waals surface area (Å²) in [5.74, 6) is 0.0464. The molecule has 18 heavy (non-hydrogen) atoms. The molecule has 0 saturated carbocycles. The molecule has 0 aliphatic carbocycles. The first-order chi connectivity index (χ1) is 8.52. The van der Waals surface area contributed by atoms with Crippen LogP contribution in [0, 0.1) is 0 Å². The summed E-state index contributed by atoms with van der Waals surface area (Å²) in [5.41, 5.74) is -1.72. The standard InChI is InChI=1S/C11H13BrFN3O2/c12-8-2-1-3-9(15-8)16-10(18)7-4-11(13,6-17)5-14-7/h1-3,7,14,17H,4-6H2,(H,15,16,18). The van der Waals surface area contributed by atoms with Crippen molar-refractivity contribution in [3.63, 3.8) is 0 Å². The van der Waals surface area contributed by atoms with Crippen molar-refractivity contribution in [2.45, 2.75) is 18.1 Å². The fourth-order valence-corrected chi connectivity index (χ4v) is 2.16. The minimum Gasteiger partial charge on any atom is -0.393 e. The Hall–Kier alpha value is -1.05. The molecule has 2 heterocycles. The van der Waals surface area contributed by atoms with E-state index in [-0.39, 0.29) is 18.9 Å². The van der Waals surface area contributed by atoms with E-state index in [4.69, 9.17) is 5.11 Å². The quantitative estimate of drug-likeness (QED) is 0.722. The molecule has 1 aliphatic heterocycles. The summed E-state index contributed by atoms with van der Waals surface area (Å²) in [6, 6.07) is 4.47. The number of hydrogen-bond donors (Lipinski definition) is 3. The minimum absolute atomic E-state index is 0.0203. The highest BCUT2D eigenvalue weighted by Crippen LogP contribution is 2.24. The third kappa shape index (κ3) is 3.04. The van der Waals surface area contributed by atoms with Crippen molar-refractivity contribution in [2.75, 3.05) is 18.5 Å². The Balaban J connectivity index is 1.97. The summed E-state index contributed by atoms with van der Waals surface area (Å²) in [6.45, 7) is -0.605. The molecule has 1 aromatic heterocycles. The van der Waals surface area contributed by atoms with Gasteiger partial charge in [0.25, 0.3) is 0 Å². The number of pyridine rings is 1. The van der Waals surface area contributed by atoms with Crippen molar-refractivity contribution >= 4 is 27.7 Å². The predicted molar refractivity (Wildman–Crippen MR) is 67.9 cm³/mol. The van der Waals surface area contributed by atoms with Crippen LogP contribution in [0.1, 0.15) is 6.42 Å². The Morgan fingerprint density at radius 1 is 1.72 bits per heavy atom. The second-order valence-electron chi connectivity index (χ2n) is 4.28. The van der Waals surface area contributed by atoms with E-state index in [0.29, 0.717) is 10.4 Å². The number of amides is 1. The molecule has 1 aliphatic rings. The molecule has 2 atom stereocenters. The molecule has 1 saturated heterocycles. The molecule has 1 amide bonds. The molecule has 0 aromatic carbocycles. The molecule has 1 aromatic rings. The fraction of sp³-hybridized carbons (Fsp3) is 0.455. The van der Waals surface area contributed by atoms with Gasteiger partial charge in [-0.15, -0.1) is 0 Å². The van der Waals surface area contributed by atoms with Gasteiger partial charge in [-0.3, -0.25) is 4.79 Å². The molecule has 0 spiro atoms. The third-order valence-corrected chi connectivity index (χ3v) is 3.24. The van der Waals surface area contributed by atoms with Crippen LogP contribution in [0.2, 0.25) is 0 Å². The molecular formula is C11H13BrFN3O2.